The second-order valence-electron chi connectivity index (χ2n) is 13.0. The molecule has 3 rings (SSSR count). The molecule has 0 radical (unpaired) electrons. The summed E-state index contributed by atoms with van der Waals surface area (Å²) in [6, 6.07) is 19.2. The SMILES string of the molecule is CC(C)[C@H](NC(=O)[C@H](Cc1ccccc1)NC(=O)[C@@H](N)Cc1ccccc1)C(=O)N[C@@H](Cc1ccc(O)cc1)C(=O)N[C@@H](CCCCN)C(N)=O. The van der Waals surface area contributed by atoms with Crippen LogP contribution >= 0.6 is 0 Å². The van der Waals surface area contributed by atoms with Crippen molar-refractivity contribution >= 4 is 29.5 Å². The molecule has 13 heteroatoms. The number of nitrogens with two attached hydrogens (primary N) is 3. The Labute approximate surface area is 299 Å². The summed E-state index contributed by atoms with van der Waals surface area (Å²) in [5.74, 6) is -3.57. The smallest absolute Gasteiger partial charge is 0.243 e. The van der Waals surface area contributed by atoms with Gasteiger partial charge in [0.25, 0.3) is 0 Å². The molecule has 0 saturated heterocycles. The molecule has 0 aromatic heterocycles. The lowest BCUT2D eigenvalue weighted by atomic mass is 9.99. The minimum atomic E-state index is -1.17. The number of primary amides is 1. The number of rotatable bonds is 20. The third-order valence-electron chi connectivity index (χ3n) is 8.41. The number of phenols is 1. The number of benzene rings is 3. The molecule has 0 aliphatic carbocycles. The van der Waals surface area contributed by atoms with E-state index in [-0.39, 0.29) is 31.4 Å². The lowest BCUT2D eigenvalue weighted by Crippen LogP contribution is -2.60. The summed E-state index contributed by atoms with van der Waals surface area (Å²) in [5.41, 5.74) is 19.6. The highest BCUT2D eigenvalue weighted by atomic mass is 16.3. The Morgan fingerprint density at radius 1 is 0.608 bits per heavy atom. The molecule has 13 nitrogen and oxygen atoms in total. The van der Waals surface area contributed by atoms with E-state index in [0.717, 1.165) is 11.1 Å². The molecule has 3 aromatic carbocycles. The van der Waals surface area contributed by atoms with Crippen LogP contribution in [-0.2, 0) is 43.2 Å². The number of carbonyl (C=O) groups is 5. The normalized spacial score (nSPS) is 14.0. The first kappa shape index (κ1) is 40.2. The zero-order valence-electron chi connectivity index (χ0n) is 29.2. The van der Waals surface area contributed by atoms with Crippen molar-refractivity contribution in [2.75, 3.05) is 6.54 Å². The number of phenolic OH excluding ortho intramolecular Hbond substituents is 1. The third kappa shape index (κ3) is 13.5. The average molecular weight is 702 g/mol. The van der Waals surface area contributed by atoms with Gasteiger partial charge >= 0.3 is 0 Å². The van der Waals surface area contributed by atoms with E-state index < -0.39 is 65.7 Å². The van der Waals surface area contributed by atoms with E-state index in [4.69, 9.17) is 17.2 Å². The number of aromatic hydroxyl groups is 1. The van der Waals surface area contributed by atoms with Gasteiger partial charge in [0.05, 0.1) is 6.04 Å². The van der Waals surface area contributed by atoms with Crippen LogP contribution in [0.4, 0.5) is 0 Å². The lowest BCUT2D eigenvalue weighted by Gasteiger charge is -2.28. The molecule has 11 N–H and O–H groups in total. The summed E-state index contributed by atoms with van der Waals surface area (Å²) in [6.45, 7) is 3.89. The maximum atomic E-state index is 13.9. The molecule has 0 spiro atoms. The first-order valence-corrected chi connectivity index (χ1v) is 17.2. The number of amides is 5. The Kier molecular flexibility index (Phi) is 16.1. The van der Waals surface area contributed by atoms with Crippen LogP contribution in [0.3, 0.4) is 0 Å². The summed E-state index contributed by atoms with van der Waals surface area (Å²) < 4.78 is 0. The Hall–Kier alpha value is -5.27. The molecule has 0 heterocycles. The van der Waals surface area contributed by atoms with Crippen LogP contribution in [0, 0.1) is 5.92 Å². The van der Waals surface area contributed by atoms with Crippen molar-refractivity contribution in [2.45, 2.75) is 82.6 Å². The van der Waals surface area contributed by atoms with Gasteiger partial charge in [-0.3, -0.25) is 24.0 Å². The Balaban J connectivity index is 1.81. The molecule has 51 heavy (non-hydrogen) atoms. The fourth-order valence-electron chi connectivity index (χ4n) is 5.48. The van der Waals surface area contributed by atoms with E-state index in [1.165, 1.54) is 12.1 Å². The second-order valence-corrected chi connectivity index (χ2v) is 13.0. The van der Waals surface area contributed by atoms with Gasteiger partial charge in [0.1, 0.15) is 29.9 Å². The minimum Gasteiger partial charge on any atom is -0.508 e. The molecule has 5 atom stereocenters. The predicted octanol–water partition coefficient (Wildman–Crippen LogP) is 0.957. The van der Waals surface area contributed by atoms with Gasteiger partial charge in [0.15, 0.2) is 0 Å². The molecule has 5 amide bonds. The van der Waals surface area contributed by atoms with E-state index in [9.17, 15) is 29.1 Å². The summed E-state index contributed by atoms with van der Waals surface area (Å²) in [7, 11) is 0. The highest BCUT2D eigenvalue weighted by molar-refractivity contribution is 5.96. The highest BCUT2D eigenvalue weighted by Gasteiger charge is 2.33. The standard InChI is InChI=1S/C38H51N7O6/c1-24(2)33(38(51)44-31(23-27-16-18-28(46)19-17-27)36(49)42-30(34(41)47)15-9-10-20-39)45-37(50)32(22-26-13-7-4-8-14-26)43-35(48)29(40)21-25-11-5-3-6-12-25/h3-8,11-14,16-19,24,29-33,46H,9-10,15,20-23,39-40H2,1-2H3,(H2,41,47)(H,42,49)(H,43,48)(H,44,51)(H,45,50)/t29-,30-,31-,32-,33-/m0/s1. The molecule has 0 bridgehead atoms. The number of hydrogen-bond acceptors (Lipinski definition) is 8. The quantitative estimate of drug-likeness (QED) is 0.0789. The van der Waals surface area contributed by atoms with Gasteiger partial charge in [0.2, 0.25) is 29.5 Å². The maximum absolute atomic E-state index is 13.9. The molecule has 0 saturated carbocycles. The molecule has 0 fully saturated rings. The molecular weight excluding hydrogens is 650 g/mol. The Bertz CT molecular complexity index is 1570. The topological polar surface area (TPSA) is 232 Å². The predicted molar refractivity (Wildman–Crippen MR) is 195 cm³/mol. The van der Waals surface area contributed by atoms with Gasteiger partial charge in [-0.05, 0) is 67.0 Å². The zero-order chi connectivity index (χ0) is 37.3. The molecule has 0 aliphatic heterocycles. The fraction of sp³-hybridized carbons (Fsp3) is 0.395. The molecule has 3 aromatic rings. The first-order chi connectivity index (χ1) is 24.4. The van der Waals surface area contributed by atoms with Crippen molar-refractivity contribution in [3.05, 3.63) is 102 Å². The molecule has 0 unspecified atom stereocenters. The van der Waals surface area contributed by atoms with Gasteiger partial charge < -0.3 is 43.6 Å². The van der Waals surface area contributed by atoms with Crippen molar-refractivity contribution in [2.24, 2.45) is 23.1 Å². The lowest BCUT2D eigenvalue weighted by molar-refractivity contribution is -0.135. The number of nitrogens with one attached hydrogen (secondary N) is 4. The molecule has 0 aliphatic rings. The minimum absolute atomic E-state index is 0.0108. The van der Waals surface area contributed by atoms with Crippen LogP contribution in [-0.4, -0.2) is 71.4 Å². The highest BCUT2D eigenvalue weighted by Crippen LogP contribution is 2.14. The van der Waals surface area contributed by atoms with Crippen LogP contribution in [0.5, 0.6) is 5.75 Å². The van der Waals surface area contributed by atoms with E-state index in [1.807, 2.05) is 60.7 Å². The number of hydrogen-bond donors (Lipinski definition) is 8. The van der Waals surface area contributed by atoms with E-state index in [1.54, 1.807) is 26.0 Å². The van der Waals surface area contributed by atoms with Gasteiger partial charge in [-0.2, -0.15) is 0 Å². The van der Waals surface area contributed by atoms with Gasteiger partial charge in [-0.15, -0.1) is 0 Å². The molecular formula is C38H51N7O6. The van der Waals surface area contributed by atoms with Gasteiger partial charge in [-0.1, -0.05) is 86.6 Å². The van der Waals surface area contributed by atoms with E-state index in [2.05, 4.69) is 21.3 Å². The van der Waals surface area contributed by atoms with Crippen molar-refractivity contribution in [1.82, 2.24) is 21.3 Å². The maximum Gasteiger partial charge on any atom is 0.243 e. The van der Waals surface area contributed by atoms with Crippen molar-refractivity contribution in [1.29, 1.82) is 0 Å². The Morgan fingerprint density at radius 3 is 1.59 bits per heavy atom. The van der Waals surface area contributed by atoms with Crippen molar-refractivity contribution in [3.63, 3.8) is 0 Å². The van der Waals surface area contributed by atoms with Crippen molar-refractivity contribution in [3.8, 4) is 5.75 Å². The average Bonchev–Trinajstić information content (AvgIpc) is 3.10. The largest absolute Gasteiger partial charge is 0.508 e. The van der Waals surface area contributed by atoms with Crippen LogP contribution in [0.2, 0.25) is 0 Å². The summed E-state index contributed by atoms with van der Waals surface area (Å²) >= 11 is 0. The summed E-state index contributed by atoms with van der Waals surface area (Å²) in [6.07, 6.45) is 1.86. The number of unbranched alkanes of at least 4 members (excludes halogenated alkanes) is 1. The van der Waals surface area contributed by atoms with Crippen LogP contribution in [0.15, 0.2) is 84.9 Å². The van der Waals surface area contributed by atoms with E-state index >= 15 is 0 Å². The zero-order valence-corrected chi connectivity index (χ0v) is 29.2. The van der Waals surface area contributed by atoms with Crippen LogP contribution in [0.25, 0.3) is 0 Å². The summed E-state index contributed by atoms with van der Waals surface area (Å²) in [4.78, 5) is 66.7. The van der Waals surface area contributed by atoms with Crippen molar-refractivity contribution < 1.29 is 29.1 Å². The van der Waals surface area contributed by atoms with E-state index in [0.29, 0.717) is 24.9 Å². The van der Waals surface area contributed by atoms with Crippen LogP contribution < -0.4 is 38.5 Å². The van der Waals surface area contributed by atoms with Crippen LogP contribution in [0.1, 0.15) is 49.8 Å². The van der Waals surface area contributed by atoms with Gasteiger partial charge in [-0.25, -0.2) is 0 Å². The summed E-state index contributed by atoms with van der Waals surface area (Å²) in [5, 5.41) is 20.7. The number of carbonyl (C=O) groups excluding carboxylic acids is 5. The fourth-order valence-corrected chi connectivity index (χ4v) is 5.48. The Morgan fingerprint density at radius 2 is 1.08 bits per heavy atom. The van der Waals surface area contributed by atoms with Gasteiger partial charge in [0, 0.05) is 12.8 Å². The monoisotopic (exact) mass is 701 g/mol. The second kappa shape index (κ2) is 20.4. The third-order valence-corrected chi connectivity index (χ3v) is 8.41. The molecule has 274 valence electrons. The first-order valence-electron chi connectivity index (χ1n) is 17.2.